The average molecular weight is 274 g/mol. The van der Waals surface area contributed by atoms with Gasteiger partial charge in [-0.2, -0.15) is 0 Å². The summed E-state index contributed by atoms with van der Waals surface area (Å²) < 4.78 is 39.4. The molecule has 108 valence electrons. The first-order valence-corrected chi connectivity index (χ1v) is 6.41. The Kier molecular flexibility index (Phi) is 5.82. The molecule has 0 fully saturated rings. The summed E-state index contributed by atoms with van der Waals surface area (Å²) in [5.41, 5.74) is 6.04. The third kappa shape index (κ3) is 4.21. The second-order valence-electron chi connectivity index (χ2n) is 5.21. The van der Waals surface area contributed by atoms with E-state index in [-0.39, 0.29) is 12.6 Å². The maximum atomic E-state index is 13.2. The van der Waals surface area contributed by atoms with Gasteiger partial charge in [0.05, 0.1) is 0 Å². The molecule has 1 atom stereocenters. The summed E-state index contributed by atoms with van der Waals surface area (Å²) in [5.74, 6) is -3.26. The molecule has 2 N–H and O–H groups in total. The number of rotatable bonds is 6. The van der Waals surface area contributed by atoms with Crippen LogP contribution in [0.25, 0.3) is 0 Å². The summed E-state index contributed by atoms with van der Waals surface area (Å²) in [7, 11) is 1.85. The van der Waals surface area contributed by atoms with Gasteiger partial charge in [-0.1, -0.05) is 13.8 Å². The fourth-order valence-electron chi connectivity index (χ4n) is 1.96. The predicted octanol–water partition coefficient (Wildman–Crippen LogP) is 3.08. The van der Waals surface area contributed by atoms with Gasteiger partial charge >= 0.3 is 0 Å². The fourth-order valence-corrected chi connectivity index (χ4v) is 1.96. The Labute approximate surface area is 112 Å². The zero-order chi connectivity index (χ0) is 14.6. The quantitative estimate of drug-likeness (QED) is 0.808. The zero-order valence-corrected chi connectivity index (χ0v) is 11.6. The molecule has 0 saturated heterocycles. The number of halogens is 3. The standard InChI is InChI=1S/C14H21F3N2/c1-9(2)4-5-19(3)13(8-18)10-6-11(15)14(17)12(16)7-10/h6-7,9,13H,4-5,8,18H2,1-3H3. The molecule has 1 aromatic rings. The minimum Gasteiger partial charge on any atom is -0.329 e. The molecule has 5 heteroatoms. The van der Waals surface area contributed by atoms with Gasteiger partial charge in [0.2, 0.25) is 0 Å². The predicted molar refractivity (Wildman–Crippen MR) is 70.2 cm³/mol. The van der Waals surface area contributed by atoms with E-state index >= 15 is 0 Å². The van der Waals surface area contributed by atoms with Gasteiger partial charge in [-0.15, -0.1) is 0 Å². The number of benzene rings is 1. The second-order valence-corrected chi connectivity index (χ2v) is 5.21. The molecular weight excluding hydrogens is 253 g/mol. The molecule has 1 unspecified atom stereocenters. The molecule has 0 aromatic heterocycles. The number of nitrogens with zero attached hydrogens (tertiary/aromatic N) is 1. The molecule has 0 saturated carbocycles. The van der Waals surface area contributed by atoms with Crippen LogP contribution >= 0.6 is 0 Å². The molecule has 1 aromatic carbocycles. The summed E-state index contributed by atoms with van der Waals surface area (Å²) in [6.45, 7) is 5.18. The molecule has 0 radical (unpaired) electrons. The van der Waals surface area contributed by atoms with Crippen LogP contribution in [-0.2, 0) is 0 Å². The van der Waals surface area contributed by atoms with Crippen molar-refractivity contribution >= 4 is 0 Å². The summed E-state index contributed by atoms with van der Waals surface area (Å²) in [5, 5.41) is 0. The van der Waals surface area contributed by atoms with Crippen molar-refractivity contribution in [2.24, 2.45) is 11.7 Å². The van der Waals surface area contributed by atoms with Gasteiger partial charge < -0.3 is 5.73 Å². The van der Waals surface area contributed by atoms with Gasteiger partial charge in [0.25, 0.3) is 0 Å². The zero-order valence-electron chi connectivity index (χ0n) is 11.6. The Morgan fingerprint density at radius 3 is 2.11 bits per heavy atom. The van der Waals surface area contributed by atoms with Crippen LogP contribution in [0.1, 0.15) is 31.9 Å². The molecule has 0 spiro atoms. The molecule has 0 aliphatic heterocycles. The van der Waals surface area contributed by atoms with E-state index in [4.69, 9.17) is 5.73 Å². The highest BCUT2D eigenvalue weighted by Gasteiger charge is 2.19. The summed E-state index contributed by atoms with van der Waals surface area (Å²) >= 11 is 0. The van der Waals surface area contributed by atoms with E-state index in [1.54, 1.807) is 0 Å². The summed E-state index contributed by atoms with van der Waals surface area (Å²) in [6.07, 6.45) is 0.957. The lowest BCUT2D eigenvalue weighted by Gasteiger charge is -2.28. The van der Waals surface area contributed by atoms with Gasteiger partial charge in [0.1, 0.15) is 0 Å². The lowest BCUT2D eigenvalue weighted by molar-refractivity contribution is 0.235. The van der Waals surface area contributed by atoms with Crippen molar-refractivity contribution in [1.82, 2.24) is 4.90 Å². The Balaban J connectivity index is 2.90. The topological polar surface area (TPSA) is 29.3 Å². The molecule has 0 heterocycles. The molecule has 19 heavy (non-hydrogen) atoms. The maximum absolute atomic E-state index is 13.2. The van der Waals surface area contributed by atoms with Crippen molar-refractivity contribution in [2.75, 3.05) is 20.1 Å². The van der Waals surface area contributed by atoms with Crippen LogP contribution < -0.4 is 5.73 Å². The van der Waals surface area contributed by atoms with Crippen LogP contribution in [0.4, 0.5) is 13.2 Å². The van der Waals surface area contributed by atoms with E-state index < -0.39 is 17.5 Å². The van der Waals surface area contributed by atoms with Crippen LogP contribution in [0.2, 0.25) is 0 Å². The van der Waals surface area contributed by atoms with Crippen molar-refractivity contribution in [3.05, 3.63) is 35.1 Å². The van der Waals surface area contributed by atoms with Crippen LogP contribution in [0.5, 0.6) is 0 Å². The highest BCUT2D eigenvalue weighted by molar-refractivity contribution is 5.23. The van der Waals surface area contributed by atoms with Crippen molar-refractivity contribution in [3.63, 3.8) is 0 Å². The molecule has 0 aliphatic rings. The molecule has 0 bridgehead atoms. The minimum atomic E-state index is -1.44. The minimum absolute atomic E-state index is 0.221. The molecule has 0 amide bonds. The second kappa shape index (κ2) is 6.91. The first-order valence-electron chi connectivity index (χ1n) is 6.41. The normalized spacial score (nSPS) is 13.3. The van der Waals surface area contributed by atoms with Gasteiger partial charge in [-0.3, -0.25) is 4.90 Å². The van der Waals surface area contributed by atoms with Crippen molar-refractivity contribution in [1.29, 1.82) is 0 Å². The summed E-state index contributed by atoms with van der Waals surface area (Å²) in [6, 6.07) is 1.72. The van der Waals surface area contributed by atoms with Gasteiger partial charge in [-0.05, 0) is 43.6 Å². The van der Waals surface area contributed by atoms with Gasteiger partial charge in [0, 0.05) is 12.6 Å². The Morgan fingerprint density at radius 2 is 1.68 bits per heavy atom. The fraction of sp³-hybridized carbons (Fsp3) is 0.571. The van der Waals surface area contributed by atoms with E-state index in [0.29, 0.717) is 11.5 Å². The lowest BCUT2D eigenvalue weighted by Crippen LogP contribution is -2.32. The highest BCUT2D eigenvalue weighted by Crippen LogP contribution is 2.23. The van der Waals surface area contributed by atoms with Crippen molar-refractivity contribution < 1.29 is 13.2 Å². The van der Waals surface area contributed by atoms with Crippen LogP contribution in [0.3, 0.4) is 0 Å². The average Bonchev–Trinajstić information content (AvgIpc) is 2.34. The SMILES string of the molecule is CC(C)CCN(C)C(CN)c1cc(F)c(F)c(F)c1. The number of hydrogen-bond donors (Lipinski definition) is 1. The lowest BCUT2D eigenvalue weighted by atomic mass is 10.0. The smallest absolute Gasteiger partial charge is 0.194 e. The highest BCUT2D eigenvalue weighted by atomic mass is 19.2. The largest absolute Gasteiger partial charge is 0.329 e. The van der Waals surface area contributed by atoms with Gasteiger partial charge in [0.15, 0.2) is 17.5 Å². The van der Waals surface area contributed by atoms with E-state index in [0.717, 1.165) is 25.1 Å². The molecular formula is C14H21F3N2. The maximum Gasteiger partial charge on any atom is 0.194 e. The van der Waals surface area contributed by atoms with E-state index in [1.165, 1.54) is 0 Å². The number of nitrogens with two attached hydrogens (primary N) is 1. The van der Waals surface area contributed by atoms with E-state index in [9.17, 15) is 13.2 Å². The van der Waals surface area contributed by atoms with Gasteiger partial charge in [-0.25, -0.2) is 13.2 Å². The summed E-state index contributed by atoms with van der Waals surface area (Å²) in [4.78, 5) is 1.94. The van der Waals surface area contributed by atoms with Crippen molar-refractivity contribution in [2.45, 2.75) is 26.3 Å². The number of hydrogen-bond acceptors (Lipinski definition) is 2. The van der Waals surface area contributed by atoms with Crippen LogP contribution in [-0.4, -0.2) is 25.0 Å². The Bertz CT molecular complexity index is 398. The van der Waals surface area contributed by atoms with Crippen LogP contribution in [0, 0.1) is 23.4 Å². The van der Waals surface area contributed by atoms with E-state index in [2.05, 4.69) is 13.8 Å². The Hall–Kier alpha value is -1.07. The third-order valence-electron chi connectivity index (χ3n) is 3.21. The van der Waals surface area contributed by atoms with Crippen molar-refractivity contribution in [3.8, 4) is 0 Å². The molecule has 2 nitrogen and oxygen atoms in total. The Morgan fingerprint density at radius 1 is 1.16 bits per heavy atom. The third-order valence-corrected chi connectivity index (χ3v) is 3.21. The first kappa shape index (κ1) is 16.0. The monoisotopic (exact) mass is 274 g/mol. The van der Waals surface area contributed by atoms with Crippen LogP contribution in [0.15, 0.2) is 12.1 Å². The number of likely N-dealkylation sites (N-methyl/N-ethyl adjacent to an activating group) is 1. The molecule has 1 rings (SSSR count). The molecule has 0 aliphatic carbocycles. The van der Waals surface area contributed by atoms with E-state index in [1.807, 2.05) is 11.9 Å². The first-order chi connectivity index (χ1) is 8.86.